The smallest absolute Gasteiger partial charge is 0.264 e. The number of anilines is 1. The van der Waals surface area contributed by atoms with Crippen molar-refractivity contribution >= 4 is 33.2 Å². The first kappa shape index (κ1) is 27.7. The SMILES string of the molecule is COc1ccc(C2CCCN(C(=O)c3ccc(N(Cc4ccc(Cl)cc4)S(=O)(=O)c4ccccc4)cc3)C2)cc1. The summed E-state index contributed by atoms with van der Waals surface area (Å²) in [6, 6.07) is 30.3. The third-order valence-corrected chi connectivity index (χ3v) is 9.31. The lowest BCUT2D eigenvalue weighted by Crippen LogP contribution is -2.39. The molecule has 0 radical (unpaired) electrons. The average Bonchev–Trinajstić information content (AvgIpc) is 3.01. The van der Waals surface area contributed by atoms with Crippen molar-refractivity contribution in [2.45, 2.75) is 30.2 Å². The van der Waals surface area contributed by atoms with Gasteiger partial charge in [-0.3, -0.25) is 9.10 Å². The third-order valence-electron chi connectivity index (χ3n) is 7.27. The van der Waals surface area contributed by atoms with E-state index in [9.17, 15) is 13.2 Å². The van der Waals surface area contributed by atoms with Crippen LogP contribution in [0.25, 0.3) is 0 Å². The maximum absolute atomic E-state index is 13.7. The third kappa shape index (κ3) is 6.16. The molecule has 6 nitrogen and oxygen atoms in total. The fourth-order valence-corrected chi connectivity index (χ4v) is 6.65. The van der Waals surface area contributed by atoms with Gasteiger partial charge in [-0.2, -0.15) is 0 Å². The lowest BCUT2D eigenvalue weighted by Gasteiger charge is -2.33. The summed E-state index contributed by atoms with van der Waals surface area (Å²) >= 11 is 6.05. The first-order valence-electron chi connectivity index (χ1n) is 13.2. The fraction of sp³-hybridized carbons (Fsp3) is 0.219. The number of hydrogen-bond donors (Lipinski definition) is 0. The van der Waals surface area contributed by atoms with Crippen LogP contribution in [-0.4, -0.2) is 39.4 Å². The summed E-state index contributed by atoms with van der Waals surface area (Å²) in [5.41, 5.74) is 2.99. The van der Waals surface area contributed by atoms with Crippen LogP contribution in [0.2, 0.25) is 5.02 Å². The van der Waals surface area contributed by atoms with Crippen molar-refractivity contribution in [2.24, 2.45) is 0 Å². The molecule has 0 aliphatic carbocycles. The Hall–Kier alpha value is -3.81. The Balaban J connectivity index is 1.37. The normalized spacial score (nSPS) is 15.4. The van der Waals surface area contributed by atoms with Gasteiger partial charge in [-0.05, 0) is 84.6 Å². The molecule has 1 fully saturated rings. The topological polar surface area (TPSA) is 66.9 Å². The summed E-state index contributed by atoms with van der Waals surface area (Å²) in [6.07, 6.45) is 1.94. The van der Waals surface area contributed by atoms with Gasteiger partial charge >= 0.3 is 0 Å². The number of benzene rings is 4. The molecule has 1 unspecified atom stereocenters. The summed E-state index contributed by atoms with van der Waals surface area (Å²) in [7, 11) is -2.21. The number of hydrogen-bond acceptors (Lipinski definition) is 4. The van der Waals surface area contributed by atoms with Crippen molar-refractivity contribution < 1.29 is 17.9 Å². The van der Waals surface area contributed by atoms with Crippen LogP contribution in [-0.2, 0) is 16.6 Å². The molecule has 8 heteroatoms. The van der Waals surface area contributed by atoms with Crippen LogP contribution in [0.4, 0.5) is 5.69 Å². The molecule has 0 N–H and O–H groups in total. The van der Waals surface area contributed by atoms with Crippen molar-refractivity contribution in [2.75, 3.05) is 24.5 Å². The van der Waals surface area contributed by atoms with Gasteiger partial charge in [-0.25, -0.2) is 8.42 Å². The fourth-order valence-electron chi connectivity index (χ4n) is 5.05. The maximum atomic E-state index is 13.7. The lowest BCUT2D eigenvalue weighted by atomic mass is 9.90. The highest BCUT2D eigenvalue weighted by Gasteiger charge is 2.28. The molecule has 0 spiro atoms. The summed E-state index contributed by atoms with van der Waals surface area (Å²) in [5, 5.41) is 0.580. The average molecular weight is 575 g/mol. The number of amides is 1. The zero-order chi connectivity index (χ0) is 28.1. The molecule has 1 atom stereocenters. The first-order valence-corrected chi connectivity index (χ1v) is 15.0. The minimum Gasteiger partial charge on any atom is -0.497 e. The van der Waals surface area contributed by atoms with Crippen LogP contribution < -0.4 is 9.04 Å². The summed E-state index contributed by atoms with van der Waals surface area (Å²) in [4.78, 5) is 15.5. The zero-order valence-electron chi connectivity index (χ0n) is 22.2. The number of likely N-dealkylation sites (tertiary alicyclic amines) is 1. The predicted octanol–water partition coefficient (Wildman–Crippen LogP) is 6.76. The first-order chi connectivity index (χ1) is 19.3. The van der Waals surface area contributed by atoms with E-state index in [1.54, 1.807) is 73.8 Å². The Morgan fingerprint density at radius 2 is 1.60 bits per heavy atom. The summed E-state index contributed by atoms with van der Waals surface area (Å²) in [6.45, 7) is 1.45. The van der Waals surface area contributed by atoms with Crippen LogP contribution >= 0.6 is 11.6 Å². The number of sulfonamides is 1. The number of halogens is 1. The van der Waals surface area contributed by atoms with E-state index >= 15 is 0 Å². The van der Waals surface area contributed by atoms with E-state index in [1.165, 1.54) is 9.87 Å². The van der Waals surface area contributed by atoms with Gasteiger partial charge in [-0.15, -0.1) is 0 Å². The number of methoxy groups -OCH3 is 1. The van der Waals surface area contributed by atoms with Gasteiger partial charge in [0, 0.05) is 29.6 Å². The molecular weight excluding hydrogens is 544 g/mol. The Morgan fingerprint density at radius 3 is 2.25 bits per heavy atom. The van der Waals surface area contributed by atoms with E-state index in [0.29, 0.717) is 29.4 Å². The highest BCUT2D eigenvalue weighted by atomic mass is 35.5. The van der Waals surface area contributed by atoms with Gasteiger partial charge in [0.05, 0.1) is 24.2 Å². The van der Waals surface area contributed by atoms with Gasteiger partial charge < -0.3 is 9.64 Å². The van der Waals surface area contributed by atoms with Crippen molar-refractivity contribution in [1.29, 1.82) is 0 Å². The second kappa shape index (κ2) is 12.1. The van der Waals surface area contributed by atoms with Crippen LogP contribution in [0.15, 0.2) is 108 Å². The largest absolute Gasteiger partial charge is 0.497 e. The van der Waals surface area contributed by atoms with E-state index in [1.807, 2.05) is 29.2 Å². The molecule has 1 aliphatic rings. The maximum Gasteiger partial charge on any atom is 0.264 e. The zero-order valence-corrected chi connectivity index (χ0v) is 23.8. The Morgan fingerprint density at radius 1 is 0.925 bits per heavy atom. The highest BCUT2D eigenvalue weighted by Crippen LogP contribution is 2.30. The van der Waals surface area contributed by atoms with E-state index < -0.39 is 10.0 Å². The van der Waals surface area contributed by atoms with Crippen LogP contribution in [0.5, 0.6) is 5.75 Å². The minimum atomic E-state index is -3.86. The van der Waals surface area contributed by atoms with Crippen molar-refractivity contribution in [3.63, 3.8) is 0 Å². The van der Waals surface area contributed by atoms with Gasteiger partial charge in [0.15, 0.2) is 0 Å². The number of carbonyl (C=O) groups excluding carboxylic acids is 1. The van der Waals surface area contributed by atoms with E-state index in [4.69, 9.17) is 16.3 Å². The second-order valence-electron chi connectivity index (χ2n) is 9.86. The molecule has 0 aromatic heterocycles. The number of piperidine rings is 1. The standard InChI is InChI=1S/C32H31ClN2O4S/c1-39-30-19-13-25(14-20-30)27-6-5-21-34(23-27)32(36)26-11-17-29(18-12-26)35(22-24-9-15-28(33)16-10-24)40(37,38)31-7-3-2-4-8-31/h2-4,7-20,27H,5-6,21-23H2,1H3. The Labute approximate surface area is 240 Å². The minimum absolute atomic E-state index is 0.0556. The van der Waals surface area contributed by atoms with Crippen molar-refractivity contribution in [3.05, 3.63) is 125 Å². The van der Waals surface area contributed by atoms with E-state index in [-0.39, 0.29) is 23.3 Å². The van der Waals surface area contributed by atoms with Crippen LogP contribution in [0, 0.1) is 0 Å². The highest BCUT2D eigenvalue weighted by molar-refractivity contribution is 7.92. The second-order valence-corrected chi connectivity index (χ2v) is 12.2. The summed E-state index contributed by atoms with van der Waals surface area (Å²) < 4.78 is 34.0. The number of ether oxygens (including phenoxy) is 1. The Kier molecular flexibility index (Phi) is 8.43. The van der Waals surface area contributed by atoms with Crippen LogP contribution in [0.3, 0.4) is 0 Å². The molecule has 1 saturated heterocycles. The molecule has 40 heavy (non-hydrogen) atoms. The Bertz CT molecular complexity index is 1540. The predicted molar refractivity (Wildman–Crippen MR) is 159 cm³/mol. The quantitative estimate of drug-likeness (QED) is 0.233. The monoisotopic (exact) mass is 574 g/mol. The molecule has 1 amide bonds. The van der Waals surface area contributed by atoms with Gasteiger partial charge in [-0.1, -0.05) is 54.1 Å². The number of nitrogens with zero attached hydrogens (tertiary/aromatic N) is 2. The lowest BCUT2D eigenvalue weighted by molar-refractivity contribution is 0.0707. The van der Waals surface area contributed by atoms with Crippen molar-refractivity contribution in [1.82, 2.24) is 4.90 Å². The van der Waals surface area contributed by atoms with E-state index in [2.05, 4.69) is 12.1 Å². The molecule has 5 rings (SSSR count). The van der Waals surface area contributed by atoms with Gasteiger partial charge in [0.2, 0.25) is 0 Å². The molecule has 1 heterocycles. The molecule has 206 valence electrons. The molecule has 1 aliphatic heterocycles. The van der Waals surface area contributed by atoms with Gasteiger partial charge in [0.1, 0.15) is 5.75 Å². The van der Waals surface area contributed by atoms with Crippen LogP contribution in [0.1, 0.15) is 40.2 Å². The van der Waals surface area contributed by atoms with Gasteiger partial charge in [0.25, 0.3) is 15.9 Å². The van der Waals surface area contributed by atoms with Crippen molar-refractivity contribution in [3.8, 4) is 5.75 Å². The molecule has 0 saturated carbocycles. The number of rotatable bonds is 8. The molecule has 4 aromatic carbocycles. The molecular formula is C32H31ClN2O4S. The molecule has 4 aromatic rings. The summed E-state index contributed by atoms with van der Waals surface area (Å²) in [5.74, 6) is 1.01. The van der Waals surface area contributed by atoms with E-state index in [0.717, 1.165) is 24.2 Å². The number of carbonyl (C=O) groups is 1. The molecule has 0 bridgehead atoms.